The van der Waals surface area contributed by atoms with Gasteiger partial charge in [0.25, 0.3) is 0 Å². The van der Waals surface area contributed by atoms with Crippen LogP contribution in [0.2, 0.25) is 0 Å². The maximum Gasteiger partial charge on any atom is 0.407 e. The quantitative estimate of drug-likeness (QED) is 0.796. The molecule has 0 aliphatic rings. The summed E-state index contributed by atoms with van der Waals surface area (Å²) in [4.78, 5) is 11.6. The van der Waals surface area contributed by atoms with Gasteiger partial charge in [-0.2, -0.15) is 0 Å². The summed E-state index contributed by atoms with van der Waals surface area (Å²) in [6.07, 6.45) is 3.93. The molecule has 0 aromatic heterocycles. The molecule has 1 unspecified atom stereocenters. The molecule has 1 atom stereocenters. The molecule has 18 heavy (non-hydrogen) atoms. The topological polar surface area (TPSA) is 38.3 Å². The highest BCUT2D eigenvalue weighted by Crippen LogP contribution is 2.05. The van der Waals surface area contributed by atoms with Gasteiger partial charge in [0, 0.05) is 6.04 Å². The Morgan fingerprint density at radius 2 is 2.00 bits per heavy atom. The fourth-order valence-electron chi connectivity index (χ4n) is 1.76. The maximum atomic E-state index is 11.6. The number of carbonyl (C=O) groups excluding carboxylic acids is 1. The molecule has 0 fully saturated rings. The first-order chi connectivity index (χ1) is 8.76. The molecule has 0 aliphatic heterocycles. The number of nitrogens with one attached hydrogen (secondary N) is 1. The molecule has 0 saturated carbocycles. The molecule has 0 heterocycles. The fourth-order valence-corrected chi connectivity index (χ4v) is 1.76. The largest absolute Gasteiger partial charge is 0.445 e. The Hall–Kier alpha value is -1.51. The van der Waals surface area contributed by atoms with Crippen molar-refractivity contribution in [3.63, 3.8) is 0 Å². The summed E-state index contributed by atoms with van der Waals surface area (Å²) in [5.74, 6) is 0. The van der Waals surface area contributed by atoms with Crippen LogP contribution in [0.1, 0.15) is 45.1 Å². The van der Waals surface area contributed by atoms with Gasteiger partial charge in [-0.25, -0.2) is 4.79 Å². The second-order valence-corrected chi connectivity index (χ2v) is 4.45. The highest BCUT2D eigenvalue weighted by atomic mass is 16.5. The summed E-state index contributed by atoms with van der Waals surface area (Å²) in [5.41, 5.74) is 1.01. The molecule has 1 aromatic carbocycles. The normalized spacial score (nSPS) is 11.9. The molecule has 3 nitrogen and oxygen atoms in total. The maximum absolute atomic E-state index is 11.6. The number of carbonyl (C=O) groups is 1. The third-order valence-electron chi connectivity index (χ3n) is 2.93. The second kappa shape index (κ2) is 8.56. The van der Waals surface area contributed by atoms with E-state index >= 15 is 0 Å². The van der Waals surface area contributed by atoms with Crippen LogP contribution in [-0.4, -0.2) is 12.1 Å². The van der Waals surface area contributed by atoms with E-state index in [9.17, 15) is 4.79 Å². The minimum atomic E-state index is -0.318. The molecule has 0 saturated heterocycles. The van der Waals surface area contributed by atoms with Crippen LogP contribution in [0.5, 0.6) is 0 Å². The van der Waals surface area contributed by atoms with Crippen LogP contribution in [0, 0.1) is 0 Å². The van der Waals surface area contributed by atoms with Gasteiger partial charge in [-0.15, -0.1) is 0 Å². The van der Waals surface area contributed by atoms with Gasteiger partial charge in [-0.3, -0.25) is 0 Å². The molecule has 0 aliphatic carbocycles. The average Bonchev–Trinajstić information content (AvgIpc) is 2.42. The van der Waals surface area contributed by atoms with E-state index in [0.717, 1.165) is 31.2 Å². The van der Waals surface area contributed by atoms with E-state index < -0.39 is 0 Å². The number of unbranched alkanes of at least 4 members (excludes halogenated alkanes) is 1. The van der Waals surface area contributed by atoms with Gasteiger partial charge in [-0.05, 0) is 18.4 Å². The standard InChI is InChI=1S/C15H23NO2/c1-3-5-11-14(4-2)16-15(17)18-12-13-9-7-6-8-10-13/h6-10,14H,3-5,11-12H2,1-2H3,(H,16,17). The lowest BCUT2D eigenvalue weighted by molar-refractivity contribution is 0.134. The van der Waals surface area contributed by atoms with Gasteiger partial charge in [0.15, 0.2) is 0 Å². The van der Waals surface area contributed by atoms with Crippen LogP contribution in [-0.2, 0) is 11.3 Å². The van der Waals surface area contributed by atoms with Crippen LogP contribution >= 0.6 is 0 Å². The highest BCUT2D eigenvalue weighted by Gasteiger charge is 2.10. The molecule has 1 amide bonds. The van der Waals surface area contributed by atoms with E-state index in [0.29, 0.717) is 6.61 Å². The van der Waals surface area contributed by atoms with Crippen molar-refractivity contribution in [1.82, 2.24) is 5.32 Å². The van der Waals surface area contributed by atoms with Gasteiger partial charge in [0.2, 0.25) is 0 Å². The number of ether oxygens (including phenoxy) is 1. The Bertz CT molecular complexity index is 338. The first-order valence-electron chi connectivity index (χ1n) is 6.73. The molecule has 100 valence electrons. The van der Waals surface area contributed by atoms with E-state index in [1.54, 1.807) is 0 Å². The molecule has 1 aromatic rings. The van der Waals surface area contributed by atoms with Crippen LogP contribution in [0.3, 0.4) is 0 Å². The molecule has 1 N–H and O–H groups in total. The molecule has 0 spiro atoms. The summed E-state index contributed by atoms with van der Waals surface area (Å²) in [7, 11) is 0. The smallest absolute Gasteiger partial charge is 0.407 e. The summed E-state index contributed by atoms with van der Waals surface area (Å²) in [6.45, 7) is 4.56. The first kappa shape index (κ1) is 14.6. The van der Waals surface area contributed by atoms with E-state index in [-0.39, 0.29) is 12.1 Å². The minimum absolute atomic E-state index is 0.230. The zero-order chi connectivity index (χ0) is 13.2. The van der Waals surface area contributed by atoms with Gasteiger partial charge in [0.05, 0.1) is 0 Å². The molecule has 0 radical (unpaired) electrons. The molecule has 1 rings (SSSR count). The van der Waals surface area contributed by atoms with Crippen molar-refractivity contribution in [1.29, 1.82) is 0 Å². The Morgan fingerprint density at radius 1 is 1.28 bits per heavy atom. The predicted octanol–water partition coefficient (Wildman–Crippen LogP) is 3.88. The van der Waals surface area contributed by atoms with Crippen LogP contribution in [0.15, 0.2) is 30.3 Å². The van der Waals surface area contributed by atoms with Crippen LogP contribution in [0.25, 0.3) is 0 Å². The fraction of sp³-hybridized carbons (Fsp3) is 0.533. The first-order valence-corrected chi connectivity index (χ1v) is 6.73. The van der Waals surface area contributed by atoms with Gasteiger partial charge >= 0.3 is 6.09 Å². The zero-order valence-electron chi connectivity index (χ0n) is 11.3. The SMILES string of the molecule is CCCCC(CC)NC(=O)OCc1ccccc1. The van der Waals surface area contributed by atoms with E-state index in [1.807, 2.05) is 30.3 Å². The number of rotatable bonds is 7. The summed E-state index contributed by atoms with van der Waals surface area (Å²) in [6, 6.07) is 9.94. The lowest BCUT2D eigenvalue weighted by Gasteiger charge is -2.16. The molecular weight excluding hydrogens is 226 g/mol. The third-order valence-corrected chi connectivity index (χ3v) is 2.93. The van der Waals surface area contributed by atoms with E-state index in [4.69, 9.17) is 4.74 Å². The van der Waals surface area contributed by atoms with E-state index in [1.165, 1.54) is 0 Å². The van der Waals surface area contributed by atoms with Gasteiger partial charge in [-0.1, -0.05) is 57.0 Å². The van der Waals surface area contributed by atoms with Crippen molar-refractivity contribution in [2.24, 2.45) is 0 Å². The van der Waals surface area contributed by atoms with Crippen molar-refractivity contribution in [2.45, 2.75) is 52.2 Å². The monoisotopic (exact) mass is 249 g/mol. The Balaban J connectivity index is 2.28. The highest BCUT2D eigenvalue weighted by molar-refractivity contribution is 5.67. The van der Waals surface area contributed by atoms with Crippen molar-refractivity contribution in [2.75, 3.05) is 0 Å². The molecular formula is C15H23NO2. The third kappa shape index (κ3) is 5.71. The summed E-state index contributed by atoms with van der Waals surface area (Å²) in [5, 5.41) is 2.91. The predicted molar refractivity (Wildman–Crippen MR) is 73.4 cm³/mol. The summed E-state index contributed by atoms with van der Waals surface area (Å²) < 4.78 is 5.19. The number of hydrogen-bond donors (Lipinski definition) is 1. The minimum Gasteiger partial charge on any atom is -0.445 e. The zero-order valence-corrected chi connectivity index (χ0v) is 11.3. The second-order valence-electron chi connectivity index (χ2n) is 4.45. The Morgan fingerprint density at radius 3 is 2.61 bits per heavy atom. The Labute approximate surface area is 110 Å². The number of alkyl carbamates (subject to hydrolysis) is 1. The summed E-state index contributed by atoms with van der Waals surface area (Å²) >= 11 is 0. The lowest BCUT2D eigenvalue weighted by atomic mass is 10.1. The number of hydrogen-bond acceptors (Lipinski definition) is 2. The average molecular weight is 249 g/mol. The van der Waals surface area contributed by atoms with Crippen molar-refractivity contribution >= 4 is 6.09 Å². The van der Waals surface area contributed by atoms with Gasteiger partial charge < -0.3 is 10.1 Å². The lowest BCUT2D eigenvalue weighted by Crippen LogP contribution is -2.34. The number of amides is 1. The molecule has 3 heteroatoms. The van der Waals surface area contributed by atoms with Crippen LogP contribution in [0.4, 0.5) is 4.79 Å². The number of benzene rings is 1. The van der Waals surface area contributed by atoms with Crippen molar-refractivity contribution < 1.29 is 9.53 Å². The van der Waals surface area contributed by atoms with Gasteiger partial charge in [0.1, 0.15) is 6.61 Å². The van der Waals surface area contributed by atoms with Crippen molar-refractivity contribution in [3.05, 3.63) is 35.9 Å². The van der Waals surface area contributed by atoms with E-state index in [2.05, 4.69) is 19.2 Å². The van der Waals surface area contributed by atoms with Crippen LogP contribution < -0.4 is 5.32 Å². The Kier molecular flexibility index (Phi) is 6.92. The molecule has 0 bridgehead atoms. The van der Waals surface area contributed by atoms with Crippen molar-refractivity contribution in [3.8, 4) is 0 Å².